The van der Waals surface area contributed by atoms with Crippen molar-refractivity contribution >= 4 is 12.1 Å². The Balaban J connectivity index is 2.41. The van der Waals surface area contributed by atoms with E-state index in [0.29, 0.717) is 18.7 Å². The highest BCUT2D eigenvalue weighted by molar-refractivity contribution is 5.85. The molecule has 1 aliphatic heterocycles. The van der Waals surface area contributed by atoms with Gasteiger partial charge in [0.15, 0.2) is 5.82 Å². The number of likely N-dealkylation sites (tertiary alicyclic amines) is 1. The topological polar surface area (TPSA) is 121 Å². The van der Waals surface area contributed by atoms with Crippen LogP contribution >= 0.6 is 0 Å². The lowest BCUT2D eigenvalue weighted by Gasteiger charge is -2.37. The van der Waals surface area contributed by atoms with Crippen LogP contribution in [0.2, 0.25) is 0 Å². The Bertz CT molecular complexity index is 553. The van der Waals surface area contributed by atoms with Gasteiger partial charge in [-0.05, 0) is 40.0 Å². The molecule has 2 N–H and O–H groups in total. The summed E-state index contributed by atoms with van der Waals surface area (Å²) in [7, 11) is 0. The molecule has 1 aliphatic rings. The van der Waals surface area contributed by atoms with Gasteiger partial charge in [-0.25, -0.2) is 9.59 Å². The van der Waals surface area contributed by atoms with Gasteiger partial charge in [0.05, 0.1) is 0 Å². The van der Waals surface area contributed by atoms with Gasteiger partial charge < -0.3 is 9.84 Å². The summed E-state index contributed by atoms with van der Waals surface area (Å²) in [6, 6.07) is -0.565. The van der Waals surface area contributed by atoms with Crippen LogP contribution in [0.5, 0.6) is 0 Å². The van der Waals surface area contributed by atoms with Crippen molar-refractivity contribution in [2.75, 3.05) is 0 Å². The number of aromatic amines is 1. The number of carbonyl (C=O) groups excluding carboxylic acids is 1. The van der Waals surface area contributed by atoms with Crippen molar-refractivity contribution in [3.05, 3.63) is 5.82 Å². The van der Waals surface area contributed by atoms with E-state index in [0.717, 1.165) is 0 Å². The average molecular weight is 311 g/mol. The summed E-state index contributed by atoms with van der Waals surface area (Å²) in [5, 5.41) is 23.3. The summed E-state index contributed by atoms with van der Waals surface area (Å²) in [6.07, 6.45) is 0.357. The number of carboxylic acids is 1. The summed E-state index contributed by atoms with van der Waals surface area (Å²) in [5.74, 6) is -0.755. The molecule has 22 heavy (non-hydrogen) atoms. The first-order chi connectivity index (χ1) is 10.2. The fraction of sp³-hybridized carbons (Fsp3) is 0.769. The lowest BCUT2D eigenvalue weighted by molar-refractivity contribution is -0.150. The Labute approximate surface area is 128 Å². The van der Waals surface area contributed by atoms with Crippen molar-refractivity contribution in [2.45, 2.75) is 64.1 Å². The van der Waals surface area contributed by atoms with Crippen LogP contribution in [0, 0.1) is 0 Å². The van der Waals surface area contributed by atoms with Crippen molar-refractivity contribution in [1.29, 1.82) is 0 Å². The van der Waals surface area contributed by atoms with E-state index in [1.54, 1.807) is 27.7 Å². The molecule has 9 heteroatoms. The van der Waals surface area contributed by atoms with Gasteiger partial charge in [0, 0.05) is 0 Å². The Morgan fingerprint density at radius 3 is 2.64 bits per heavy atom. The third-order valence-corrected chi connectivity index (χ3v) is 3.84. The molecule has 0 spiro atoms. The number of nitrogens with one attached hydrogen (secondary N) is 1. The van der Waals surface area contributed by atoms with Crippen LogP contribution < -0.4 is 0 Å². The number of carboxylic acid groups (broad SMARTS) is 1. The predicted molar refractivity (Wildman–Crippen MR) is 74.9 cm³/mol. The lowest BCUT2D eigenvalue weighted by atomic mass is 9.93. The maximum Gasteiger partial charge on any atom is 0.411 e. The molecule has 1 fully saturated rings. The summed E-state index contributed by atoms with van der Waals surface area (Å²) >= 11 is 0. The van der Waals surface area contributed by atoms with E-state index >= 15 is 0 Å². The molecule has 9 nitrogen and oxygen atoms in total. The number of H-pyrrole nitrogens is 1. The Hall–Kier alpha value is -2.19. The molecule has 2 heterocycles. The maximum absolute atomic E-state index is 12.6. The van der Waals surface area contributed by atoms with Gasteiger partial charge in [-0.15, -0.1) is 10.2 Å². The highest BCUT2D eigenvalue weighted by Gasteiger charge is 2.55. The fourth-order valence-electron chi connectivity index (χ4n) is 2.80. The molecule has 1 amide bonds. The SMILES string of the molecule is CC[C@@]1(C(=O)O)CC[C@H](c2nn[nH]n2)N1C(=O)OC(C)(C)C. The van der Waals surface area contributed by atoms with Crippen LogP contribution in [-0.2, 0) is 9.53 Å². The lowest BCUT2D eigenvalue weighted by Crippen LogP contribution is -2.54. The smallest absolute Gasteiger partial charge is 0.411 e. The quantitative estimate of drug-likeness (QED) is 0.867. The molecule has 0 saturated carbocycles. The molecule has 1 saturated heterocycles. The number of ether oxygens (including phenoxy) is 1. The zero-order valence-corrected chi connectivity index (χ0v) is 13.2. The molecule has 0 radical (unpaired) electrons. The second-order valence-corrected chi connectivity index (χ2v) is 6.37. The molecule has 122 valence electrons. The molecular weight excluding hydrogens is 290 g/mol. The first-order valence-corrected chi connectivity index (χ1v) is 7.20. The third-order valence-electron chi connectivity index (χ3n) is 3.84. The largest absolute Gasteiger partial charge is 0.479 e. The van der Waals surface area contributed by atoms with E-state index in [4.69, 9.17) is 4.74 Å². The second kappa shape index (κ2) is 5.54. The van der Waals surface area contributed by atoms with Gasteiger partial charge in [0.25, 0.3) is 0 Å². The third kappa shape index (κ3) is 2.75. The summed E-state index contributed by atoms with van der Waals surface area (Å²) in [5.41, 5.74) is -2.03. The molecule has 1 aromatic rings. The molecule has 2 atom stereocenters. The monoisotopic (exact) mass is 311 g/mol. The average Bonchev–Trinajstić information content (AvgIpc) is 3.03. The van der Waals surface area contributed by atoms with Gasteiger partial charge in [-0.3, -0.25) is 4.90 Å². The van der Waals surface area contributed by atoms with Crippen molar-refractivity contribution < 1.29 is 19.4 Å². The summed E-state index contributed by atoms with van der Waals surface area (Å²) in [4.78, 5) is 25.7. The van der Waals surface area contributed by atoms with Gasteiger partial charge in [0.1, 0.15) is 17.2 Å². The minimum absolute atomic E-state index is 0.274. The summed E-state index contributed by atoms with van der Waals surface area (Å²) in [6.45, 7) is 6.94. The Morgan fingerprint density at radius 1 is 1.50 bits per heavy atom. The highest BCUT2D eigenvalue weighted by atomic mass is 16.6. The van der Waals surface area contributed by atoms with Crippen molar-refractivity contribution in [2.24, 2.45) is 0 Å². The first kappa shape index (κ1) is 16.2. The number of tetrazole rings is 1. The van der Waals surface area contributed by atoms with Gasteiger partial charge in [-0.2, -0.15) is 5.21 Å². The molecule has 0 aliphatic carbocycles. The summed E-state index contributed by atoms with van der Waals surface area (Å²) < 4.78 is 5.39. The number of hydrogen-bond donors (Lipinski definition) is 2. The number of hydrogen-bond acceptors (Lipinski definition) is 6. The van der Waals surface area contributed by atoms with Gasteiger partial charge in [0.2, 0.25) is 0 Å². The van der Waals surface area contributed by atoms with Crippen LogP contribution in [0.1, 0.15) is 58.8 Å². The van der Waals surface area contributed by atoms with Gasteiger partial charge >= 0.3 is 12.1 Å². The van der Waals surface area contributed by atoms with Crippen molar-refractivity contribution in [3.8, 4) is 0 Å². The highest BCUT2D eigenvalue weighted by Crippen LogP contribution is 2.44. The molecule has 2 rings (SSSR count). The number of amides is 1. The predicted octanol–water partition coefficient (Wildman–Crippen LogP) is 1.51. The minimum Gasteiger partial charge on any atom is -0.479 e. The second-order valence-electron chi connectivity index (χ2n) is 6.37. The Morgan fingerprint density at radius 2 is 2.18 bits per heavy atom. The molecular formula is C13H21N5O4. The standard InChI is InChI=1S/C13H21N5O4/c1-5-13(10(19)20)7-6-8(9-14-16-17-15-9)18(13)11(21)22-12(2,3)4/h8H,5-7H2,1-4H3,(H,19,20)(H,14,15,16,17)/t8-,13+/m1/s1. The minimum atomic E-state index is -1.31. The van der Waals surface area contributed by atoms with Crippen LogP contribution in [0.15, 0.2) is 0 Å². The number of rotatable bonds is 3. The zero-order valence-electron chi connectivity index (χ0n) is 13.2. The number of aromatic nitrogens is 4. The Kier molecular flexibility index (Phi) is 4.08. The van der Waals surface area contributed by atoms with E-state index in [1.165, 1.54) is 4.90 Å². The van der Waals surface area contributed by atoms with Crippen molar-refractivity contribution in [1.82, 2.24) is 25.5 Å². The van der Waals surface area contributed by atoms with E-state index in [2.05, 4.69) is 20.6 Å². The van der Waals surface area contributed by atoms with E-state index in [-0.39, 0.29) is 6.42 Å². The number of aliphatic carboxylic acids is 1. The van der Waals surface area contributed by atoms with E-state index in [1.807, 2.05) is 0 Å². The van der Waals surface area contributed by atoms with E-state index in [9.17, 15) is 14.7 Å². The molecule has 0 unspecified atom stereocenters. The van der Waals surface area contributed by atoms with Crippen molar-refractivity contribution in [3.63, 3.8) is 0 Å². The normalized spacial score (nSPS) is 25.3. The molecule has 1 aromatic heterocycles. The van der Waals surface area contributed by atoms with Crippen LogP contribution in [-0.4, -0.2) is 53.8 Å². The maximum atomic E-state index is 12.6. The first-order valence-electron chi connectivity index (χ1n) is 7.20. The van der Waals surface area contributed by atoms with Gasteiger partial charge in [-0.1, -0.05) is 12.1 Å². The number of nitrogens with zero attached hydrogens (tertiary/aromatic N) is 4. The van der Waals surface area contributed by atoms with Crippen LogP contribution in [0.3, 0.4) is 0 Å². The zero-order chi connectivity index (χ0) is 16.5. The van der Waals surface area contributed by atoms with Crippen LogP contribution in [0.4, 0.5) is 4.79 Å². The van der Waals surface area contributed by atoms with E-state index < -0.39 is 29.2 Å². The molecule has 0 bridgehead atoms. The number of carbonyl (C=O) groups is 2. The fourth-order valence-corrected chi connectivity index (χ4v) is 2.80. The van der Waals surface area contributed by atoms with Crippen LogP contribution in [0.25, 0.3) is 0 Å². The molecule has 0 aromatic carbocycles.